The zero-order valence-electron chi connectivity index (χ0n) is 16.2. The highest BCUT2D eigenvalue weighted by Gasteiger charge is 2.18. The van der Waals surface area contributed by atoms with Gasteiger partial charge >= 0.3 is 0 Å². The highest BCUT2D eigenvalue weighted by atomic mass is 35.5. The van der Waals surface area contributed by atoms with Crippen LogP contribution in [0.3, 0.4) is 0 Å². The van der Waals surface area contributed by atoms with Crippen molar-refractivity contribution in [3.8, 4) is 0 Å². The summed E-state index contributed by atoms with van der Waals surface area (Å²) in [5.74, 6) is -0.363. The van der Waals surface area contributed by atoms with Crippen molar-refractivity contribution in [3.05, 3.63) is 104 Å². The number of amides is 2. The van der Waals surface area contributed by atoms with Gasteiger partial charge in [0.1, 0.15) is 0 Å². The van der Waals surface area contributed by atoms with Crippen molar-refractivity contribution in [3.63, 3.8) is 0 Å². The van der Waals surface area contributed by atoms with Crippen LogP contribution in [0, 0.1) is 0 Å². The molecule has 2 N–H and O–H groups in total. The molecule has 5 nitrogen and oxygen atoms in total. The van der Waals surface area contributed by atoms with E-state index in [9.17, 15) is 9.59 Å². The summed E-state index contributed by atoms with van der Waals surface area (Å²) in [5, 5.41) is 10.6. The molecule has 0 radical (unpaired) electrons. The van der Waals surface area contributed by atoms with Gasteiger partial charge in [-0.2, -0.15) is 0 Å². The summed E-state index contributed by atoms with van der Waals surface area (Å²) in [6.07, 6.45) is 0.113. The molecule has 0 fully saturated rings. The molecular formula is C23H18ClN3O2S2. The van der Waals surface area contributed by atoms with E-state index in [1.165, 1.54) is 22.7 Å². The Morgan fingerprint density at radius 3 is 2.39 bits per heavy atom. The lowest BCUT2D eigenvalue weighted by molar-refractivity contribution is -0.121. The molecule has 1 unspecified atom stereocenters. The van der Waals surface area contributed by atoms with Crippen molar-refractivity contribution in [1.29, 1.82) is 0 Å². The maximum Gasteiger partial charge on any atom is 0.267 e. The third-order valence-corrected chi connectivity index (χ3v) is 6.43. The molecule has 0 aliphatic carbocycles. The molecule has 0 bridgehead atoms. The summed E-state index contributed by atoms with van der Waals surface area (Å²) < 4.78 is 0. The highest BCUT2D eigenvalue weighted by Crippen LogP contribution is 2.24. The fourth-order valence-corrected chi connectivity index (χ4v) is 4.50. The molecule has 0 aliphatic heterocycles. The Labute approximate surface area is 192 Å². The van der Waals surface area contributed by atoms with Gasteiger partial charge in [0.15, 0.2) is 5.13 Å². The van der Waals surface area contributed by atoms with E-state index in [-0.39, 0.29) is 24.3 Å². The quantitative estimate of drug-likeness (QED) is 0.374. The SMILES string of the molecule is O=C(Cc1csc(NC(=O)c2cccs2)n1)NC(c1ccccc1)c1ccc(Cl)cc1. The number of thiophene rings is 1. The molecule has 2 aromatic heterocycles. The zero-order valence-corrected chi connectivity index (χ0v) is 18.6. The molecule has 156 valence electrons. The lowest BCUT2D eigenvalue weighted by Crippen LogP contribution is -2.30. The standard InChI is InChI=1S/C23H18ClN3O2S2/c24-17-10-8-16(9-11-17)21(15-5-2-1-3-6-15)26-20(28)13-18-14-31-23(25-18)27-22(29)19-7-4-12-30-19/h1-12,14,21H,13H2,(H,26,28)(H,25,27,29). The number of nitrogens with zero attached hydrogens (tertiary/aromatic N) is 1. The van der Waals surface area contributed by atoms with E-state index in [1.807, 2.05) is 66.0 Å². The number of hydrogen-bond donors (Lipinski definition) is 2. The Balaban J connectivity index is 1.44. The first-order valence-corrected chi connectivity index (χ1v) is 11.6. The van der Waals surface area contributed by atoms with Gasteiger partial charge in [-0.05, 0) is 34.7 Å². The molecule has 1 atom stereocenters. The molecule has 2 aromatic carbocycles. The summed E-state index contributed by atoms with van der Waals surface area (Å²) in [6, 6.07) is 20.5. The van der Waals surface area contributed by atoms with E-state index in [2.05, 4.69) is 15.6 Å². The normalized spacial score (nSPS) is 11.6. The van der Waals surface area contributed by atoms with E-state index in [0.29, 0.717) is 20.7 Å². The average Bonchev–Trinajstić information content (AvgIpc) is 3.46. The second-order valence-electron chi connectivity index (χ2n) is 6.71. The number of aromatic nitrogens is 1. The van der Waals surface area contributed by atoms with E-state index in [4.69, 9.17) is 11.6 Å². The predicted molar refractivity (Wildman–Crippen MR) is 126 cm³/mol. The molecule has 0 saturated heterocycles. The average molecular weight is 468 g/mol. The number of halogens is 1. The van der Waals surface area contributed by atoms with Crippen LogP contribution in [0.5, 0.6) is 0 Å². The van der Waals surface area contributed by atoms with Crippen LogP contribution in [0.15, 0.2) is 77.5 Å². The number of rotatable bonds is 7. The predicted octanol–water partition coefficient (Wildman–Crippen LogP) is 5.56. The summed E-state index contributed by atoms with van der Waals surface area (Å²) in [4.78, 5) is 30.0. The monoisotopic (exact) mass is 467 g/mol. The minimum Gasteiger partial charge on any atom is -0.345 e. The number of nitrogens with one attached hydrogen (secondary N) is 2. The smallest absolute Gasteiger partial charge is 0.267 e. The maximum atomic E-state index is 12.8. The summed E-state index contributed by atoms with van der Waals surface area (Å²) in [7, 11) is 0. The van der Waals surface area contributed by atoms with Gasteiger partial charge in [-0.1, -0.05) is 60.1 Å². The van der Waals surface area contributed by atoms with Crippen LogP contribution in [-0.2, 0) is 11.2 Å². The Hall–Kier alpha value is -3.00. The van der Waals surface area contributed by atoms with Gasteiger partial charge < -0.3 is 5.32 Å². The second-order valence-corrected chi connectivity index (χ2v) is 8.96. The van der Waals surface area contributed by atoms with Crippen LogP contribution in [-0.4, -0.2) is 16.8 Å². The third-order valence-electron chi connectivity index (χ3n) is 4.50. The molecule has 2 amide bonds. The summed E-state index contributed by atoms with van der Waals surface area (Å²) in [5.41, 5.74) is 2.51. The highest BCUT2D eigenvalue weighted by molar-refractivity contribution is 7.14. The molecule has 8 heteroatoms. The third kappa shape index (κ3) is 5.58. The number of thiazole rings is 1. The summed E-state index contributed by atoms with van der Waals surface area (Å²) >= 11 is 8.68. The number of carbonyl (C=O) groups excluding carboxylic acids is 2. The Morgan fingerprint density at radius 1 is 0.935 bits per heavy atom. The van der Waals surface area contributed by atoms with E-state index < -0.39 is 0 Å². The van der Waals surface area contributed by atoms with Gasteiger partial charge in [0.2, 0.25) is 5.91 Å². The molecule has 0 saturated carbocycles. The van der Waals surface area contributed by atoms with Gasteiger partial charge in [-0.15, -0.1) is 22.7 Å². The van der Waals surface area contributed by atoms with Crippen molar-refractivity contribution < 1.29 is 9.59 Å². The van der Waals surface area contributed by atoms with Gasteiger partial charge in [-0.3, -0.25) is 14.9 Å². The van der Waals surface area contributed by atoms with E-state index in [0.717, 1.165) is 11.1 Å². The van der Waals surface area contributed by atoms with Crippen LogP contribution in [0.2, 0.25) is 5.02 Å². The van der Waals surface area contributed by atoms with Crippen molar-refractivity contribution >= 4 is 51.2 Å². The van der Waals surface area contributed by atoms with E-state index in [1.54, 1.807) is 11.4 Å². The van der Waals surface area contributed by atoms with Gasteiger partial charge in [0.05, 0.1) is 23.0 Å². The number of anilines is 1. The molecule has 0 spiro atoms. The molecular weight excluding hydrogens is 450 g/mol. The van der Waals surface area contributed by atoms with Gasteiger partial charge in [0, 0.05) is 10.4 Å². The first-order valence-electron chi connectivity index (χ1n) is 9.47. The van der Waals surface area contributed by atoms with E-state index >= 15 is 0 Å². The first-order chi connectivity index (χ1) is 15.1. The molecule has 31 heavy (non-hydrogen) atoms. The number of benzene rings is 2. The Morgan fingerprint density at radius 2 is 1.68 bits per heavy atom. The van der Waals surface area contributed by atoms with Crippen LogP contribution in [0.1, 0.15) is 32.5 Å². The Bertz CT molecular complexity index is 1160. The van der Waals surface area contributed by atoms with Crippen molar-refractivity contribution in [2.24, 2.45) is 0 Å². The van der Waals surface area contributed by atoms with Crippen molar-refractivity contribution in [2.75, 3.05) is 5.32 Å². The van der Waals surface area contributed by atoms with Crippen LogP contribution in [0.25, 0.3) is 0 Å². The maximum absolute atomic E-state index is 12.8. The topological polar surface area (TPSA) is 71.1 Å². The Kier molecular flexibility index (Phi) is 6.76. The van der Waals surface area contributed by atoms with Crippen LogP contribution < -0.4 is 10.6 Å². The van der Waals surface area contributed by atoms with Gasteiger partial charge in [0.25, 0.3) is 5.91 Å². The largest absolute Gasteiger partial charge is 0.345 e. The molecule has 0 aliphatic rings. The first kappa shape index (κ1) is 21.2. The van der Waals surface area contributed by atoms with Crippen LogP contribution in [0.4, 0.5) is 5.13 Å². The fourth-order valence-electron chi connectivity index (χ4n) is 3.05. The lowest BCUT2D eigenvalue weighted by Gasteiger charge is -2.20. The molecule has 4 aromatic rings. The lowest BCUT2D eigenvalue weighted by atomic mass is 9.98. The fraction of sp³-hybridized carbons (Fsp3) is 0.0870. The van der Waals surface area contributed by atoms with Crippen LogP contribution >= 0.6 is 34.3 Å². The van der Waals surface area contributed by atoms with Gasteiger partial charge in [-0.25, -0.2) is 4.98 Å². The number of carbonyl (C=O) groups is 2. The zero-order chi connectivity index (χ0) is 21.6. The molecule has 2 heterocycles. The minimum absolute atomic E-state index is 0.113. The van der Waals surface area contributed by atoms with Crippen molar-refractivity contribution in [2.45, 2.75) is 12.5 Å². The van der Waals surface area contributed by atoms with Crippen molar-refractivity contribution in [1.82, 2.24) is 10.3 Å². The number of hydrogen-bond acceptors (Lipinski definition) is 5. The minimum atomic E-state index is -0.303. The second kappa shape index (κ2) is 9.87. The molecule has 4 rings (SSSR count). The summed E-state index contributed by atoms with van der Waals surface area (Å²) in [6.45, 7) is 0.